The molecule has 2 aromatic heterocycles. The predicted molar refractivity (Wildman–Crippen MR) is 197 cm³/mol. The summed E-state index contributed by atoms with van der Waals surface area (Å²) in [6, 6.07) is 56.5. The molecule has 0 atom stereocenters. The third-order valence-corrected chi connectivity index (χ3v) is 9.41. The largest absolute Gasteiger partial charge is 0.309 e. The number of aromatic nitrogens is 2. The first-order chi connectivity index (χ1) is 23.8. The van der Waals surface area contributed by atoms with Crippen LogP contribution in [0.1, 0.15) is 5.56 Å². The highest BCUT2D eigenvalue weighted by molar-refractivity contribution is 6.13. The van der Waals surface area contributed by atoms with E-state index in [4.69, 9.17) is 6.57 Å². The van der Waals surface area contributed by atoms with Gasteiger partial charge in [-0.15, -0.1) is 0 Å². The van der Waals surface area contributed by atoms with Gasteiger partial charge in [-0.05, 0) is 70.8 Å². The molecule has 48 heavy (non-hydrogen) atoms. The van der Waals surface area contributed by atoms with E-state index in [-0.39, 0.29) is 0 Å². The molecule has 4 heteroatoms. The van der Waals surface area contributed by atoms with Crippen LogP contribution in [0.2, 0.25) is 0 Å². The van der Waals surface area contributed by atoms with Crippen molar-refractivity contribution < 1.29 is 0 Å². The molecule has 0 aliphatic carbocycles. The smallest absolute Gasteiger partial charge is 0.195 e. The first-order valence-electron chi connectivity index (χ1n) is 15.9. The third-order valence-electron chi connectivity index (χ3n) is 9.41. The fourth-order valence-electron chi connectivity index (χ4n) is 7.40. The zero-order valence-electron chi connectivity index (χ0n) is 25.8. The monoisotopic (exact) mass is 610 g/mol. The summed E-state index contributed by atoms with van der Waals surface area (Å²) in [5.41, 5.74) is 11.4. The number of hydrogen-bond acceptors (Lipinski definition) is 1. The molecule has 0 spiro atoms. The van der Waals surface area contributed by atoms with Crippen LogP contribution in [0.25, 0.3) is 82.1 Å². The molecule has 0 amide bonds. The van der Waals surface area contributed by atoms with Crippen molar-refractivity contribution in [2.75, 3.05) is 0 Å². The molecule has 9 rings (SSSR count). The molecule has 0 saturated carbocycles. The normalized spacial score (nSPS) is 11.3. The zero-order chi connectivity index (χ0) is 32.2. The summed E-state index contributed by atoms with van der Waals surface area (Å²) in [5, 5.41) is 14.4. The lowest BCUT2D eigenvalue weighted by Crippen LogP contribution is -1.98. The SMILES string of the molecule is [C-]#[N+]c1cccc(-c2ccc(-n3c4ccccc4c4ccccc43)cc2)c1-c1ccccc1-n1c2ccccc2c2c(C#N)cccc21. The van der Waals surface area contributed by atoms with Crippen LogP contribution in [0.3, 0.4) is 0 Å². The molecule has 0 saturated heterocycles. The van der Waals surface area contributed by atoms with Crippen LogP contribution in [0.15, 0.2) is 158 Å². The lowest BCUT2D eigenvalue weighted by molar-refractivity contribution is 1.18. The summed E-state index contributed by atoms with van der Waals surface area (Å²) in [7, 11) is 0. The number of fused-ring (bicyclic) bond motifs is 6. The fraction of sp³-hybridized carbons (Fsp3) is 0. The summed E-state index contributed by atoms with van der Waals surface area (Å²) in [5.74, 6) is 0. The van der Waals surface area contributed by atoms with Crippen molar-refractivity contribution >= 4 is 49.3 Å². The molecule has 222 valence electrons. The van der Waals surface area contributed by atoms with Gasteiger partial charge in [-0.2, -0.15) is 5.26 Å². The minimum Gasteiger partial charge on any atom is -0.309 e. The highest BCUT2D eigenvalue weighted by Gasteiger charge is 2.21. The molecule has 7 aromatic carbocycles. The summed E-state index contributed by atoms with van der Waals surface area (Å²) < 4.78 is 4.55. The highest BCUT2D eigenvalue weighted by Crippen LogP contribution is 2.44. The van der Waals surface area contributed by atoms with Gasteiger partial charge < -0.3 is 9.13 Å². The van der Waals surface area contributed by atoms with E-state index in [1.807, 2.05) is 48.5 Å². The van der Waals surface area contributed by atoms with Gasteiger partial charge in [-0.25, -0.2) is 4.85 Å². The Morgan fingerprint density at radius 1 is 0.500 bits per heavy atom. The lowest BCUT2D eigenvalue weighted by atomic mass is 9.92. The molecular weight excluding hydrogens is 585 g/mol. The minimum atomic E-state index is 0.588. The Labute approximate surface area is 277 Å². The number of benzene rings is 7. The Morgan fingerprint density at radius 2 is 1.06 bits per heavy atom. The summed E-state index contributed by atoms with van der Waals surface area (Å²) in [4.78, 5) is 4.03. The second-order valence-electron chi connectivity index (χ2n) is 11.9. The van der Waals surface area contributed by atoms with Crippen LogP contribution in [0.5, 0.6) is 0 Å². The van der Waals surface area contributed by atoms with Crippen molar-refractivity contribution in [3.05, 3.63) is 175 Å². The number of nitrogens with zero attached hydrogens (tertiary/aromatic N) is 4. The number of hydrogen-bond donors (Lipinski definition) is 0. The average molecular weight is 611 g/mol. The van der Waals surface area contributed by atoms with Gasteiger partial charge in [0, 0.05) is 27.2 Å². The average Bonchev–Trinajstić information content (AvgIpc) is 3.68. The fourth-order valence-corrected chi connectivity index (χ4v) is 7.40. The van der Waals surface area contributed by atoms with Crippen molar-refractivity contribution in [2.24, 2.45) is 0 Å². The predicted octanol–water partition coefficient (Wildman–Crippen LogP) is 11.6. The van der Waals surface area contributed by atoms with Gasteiger partial charge >= 0.3 is 0 Å². The van der Waals surface area contributed by atoms with E-state index in [0.29, 0.717) is 11.3 Å². The molecule has 0 unspecified atom stereocenters. The first kappa shape index (κ1) is 27.4. The lowest BCUT2D eigenvalue weighted by Gasteiger charge is -2.18. The Kier molecular flexibility index (Phi) is 6.22. The Morgan fingerprint density at radius 3 is 1.75 bits per heavy atom. The Bertz CT molecular complexity index is 2750. The maximum atomic E-state index is 10.0. The van der Waals surface area contributed by atoms with E-state index in [1.54, 1.807) is 0 Å². The number of para-hydroxylation sites is 4. The second-order valence-corrected chi connectivity index (χ2v) is 11.9. The van der Waals surface area contributed by atoms with Crippen LogP contribution >= 0.6 is 0 Å². The van der Waals surface area contributed by atoms with E-state index < -0.39 is 0 Å². The molecule has 0 N–H and O–H groups in total. The van der Waals surface area contributed by atoms with Gasteiger partial charge in [0.1, 0.15) is 0 Å². The molecule has 0 bridgehead atoms. The summed E-state index contributed by atoms with van der Waals surface area (Å²) in [6.45, 7) is 8.21. The van der Waals surface area contributed by atoms with Crippen molar-refractivity contribution in [2.45, 2.75) is 0 Å². The standard InChI is InChI=1S/C44H26N4/c1-46-37-18-11-17-32(29-24-26-31(27-25-29)47-38-19-6-2-13-33(38)34-14-3-7-20-39(34)47)44(37)36-16-5-9-22-41(36)48-40-21-8-4-15-35(40)43-30(28-45)12-10-23-42(43)48/h2-27H. The highest BCUT2D eigenvalue weighted by atomic mass is 15.0. The van der Waals surface area contributed by atoms with Gasteiger partial charge in [0.25, 0.3) is 0 Å². The second kappa shape index (κ2) is 10.9. The van der Waals surface area contributed by atoms with Gasteiger partial charge in [0.2, 0.25) is 0 Å². The topological polar surface area (TPSA) is 38.0 Å². The maximum Gasteiger partial charge on any atom is 0.195 e. The van der Waals surface area contributed by atoms with Crippen molar-refractivity contribution in [1.29, 1.82) is 5.26 Å². The van der Waals surface area contributed by atoms with E-state index in [0.717, 1.165) is 55.4 Å². The van der Waals surface area contributed by atoms with Crippen LogP contribution in [-0.2, 0) is 0 Å². The zero-order valence-corrected chi connectivity index (χ0v) is 25.8. The van der Waals surface area contributed by atoms with E-state index >= 15 is 0 Å². The first-order valence-corrected chi connectivity index (χ1v) is 15.9. The summed E-state index contributed by atoms with van der Waals surface area (Å²) >= 11 is 0. The van der Waals surface area contributed by atoms with Gasteiger partial charge in [0.05, 0.1) is 46.0 Å². The Balaban J connectivity index is 1.26. The molecule has 4 nitrogen and oxygen atoms in total. The van der Waals surface area contributed by atoms with E-state index in [9.17, 15) is 5.26 Å². The Hall–Kier alpha value is -6.88. The van der Waals surface area contributed by atoms with Crippen molar-refractivity contribution in [3.63, 3.8) is 0 Å². The van der Waals surface area contributed by atoms with Crippen LogP contribution in [-0.4, -0.2) is 9.13 Å². The minimum absolute atomic E-state index is 0.588. The molecule has 9 aromatic rings. The van der Waals surface area contributed by atoms with Crippen LogP contribution in [0.4, 0.5) is 5.69 Å². The number of rotatable bonds is 4. The van der Waals surface area contributed by atoms with E-state index in [1.165, 1.54) is 21.8 Å². The quantitative estimate of drug-likeness (QED) is 0.183. The van der Waals surface area contributed by atoms with Crippen molar-refractivity contribution in [1.82, 2.24) is 9.13 Å². The molecule has 2 heterocycles. The van der Waals surface area contributed by atoms with E-state index in [2.05, 4.69) is 129 Å². The van der Waals surface area contributed by atoms with Crippen LogP contribution in [0, 0.1) is 17.9 Å². The van der Waals surface area contributed by atoms with Crippen molar-refractivity contribution in [3.8, 4) is 39.7 Å². The van der Waals surface area contributed by atoms with Gasteiger partial charge in [-0.3, -0.25) is 0 Å². The molecule has 0 aliphatic heterocycles. The maximum absolute atomic E-state index is 10.0. The van der Waals surface area contributed by atoms with Gasteiger partial charge in [0.15, 0.2) is 5.69 Å². The molecule has 0 aliphatic rings. The third kappa shape index (κ3) is 4.01. The van der Waals surface area contributed by atoms with Gasteiger partial charge in [-0.1, -0.05) is 109 Å². The molecular formula is C44H26N4. The molecule has 0 fully saturated rings. The summed E-state index contributed by atoms with van der Waals surface area (Å²) in [6.07, 6.45) is 0. The molecule has 0 radical (unpaired) electrons. The van der Waals surface area contributed by atoms with Crippen LogP contribution < -0.4 is 0 Å². The number of nitriles is 1.